The Balaban J connectivity index is 1.83. The van der Waals surface area contributed by atoms with Crippen molar-refractivity contribution in [1.82, 2.24) is 14.8 Å². The molecule has 6 heteroatoms. The summed E-state index contributed by atoms with van der Waals surface area (Å²) in [6.45, 7) is 3.94. The third kappa shape index (κ3) is 3.23. The molecule has 2 aromatic carbocycles. The standard InChI is InChI=1S/C21H21ClN4O/c1-3-20(27)25-18(15-8-10-17(22)11-9-15)12-19(26-21(25)23-13-24-26)16-6-4-14(2)5-7-16/h4-11,13,18-19H,3,12H2,1-2H3. The van der Waals surface area contributed by atoms with Gasteiger partial charge in [-0.1, -0.05) is 60.5 Å². The van der Waals surface area contributed by atoms with Crippen molar-refractivity contribution >= 4 is 23.5 Å². The van der Waals surface area contributed by atoms with Crippen molar-refractivity contribution in [3.8, 4) is 0 Å². The van der Waals surface area contributed by atoms with E-state index in [-0.39, 0.29) is 18.0 Å². The quantitative estimate of drug-likeness (QED) is 0.660. The Morgan fingerprint density at radius 2 is 1.70 bits per heavy atom. The van der Waals surface area contributed by atoms with E-state index in [2.05, 4.69) is 41.3 Å². The number of aryl methyl sites for hydroxylation is 1. The van der Waals surface area contributed by atoms with Crippen LogP contribution < -0.4 is 4.90 Å². The number of carbonyl (C=O) groups is 1. The predicted octanol–water partition coefficient (Wildman–Crippen LogP) is 4.72. The number of anilines is 1. The van der Waals surface area contributed by atoms with E-state index in [4.69, 9.17) is 11.6 Å². The lowest BCUT2D eigenvalue weighted by atomic mass is 9.91. The van der Waals surface area contributed by atoms with Crippen LogP contribution >= 0.6 is 11.6 Å². The maximum absolute atomic E-state index is 12.8. The van der Waals surface area contributed by atoms with E-state index in [1.165, 1.54) is 11.9 Å². The van der Waals surface area contributed by atoms with Gasteiger partial charge in [0.1, 0.15) is 6.33 Å². The van der Waals surface area contributed by atoms with Crippen LogP contribution in [0.25, 0.3) is 0 Å². The molecular formula is C21H21ClN4O. The molecule has 0 bridgehead atoms. The fraction of sp³-hybridized carbons (Fsp3) is 0.286. The molecule has 3 aromatic rings. The maximum atomic E-state index is 12.8. The maximum Gasteiger partial charge on any atom is 0.231 e. The largest absolute Gasteiger partial charge is 0.274 e. The molecule has 1 aliphatic rings. The van der Waals surface area contributed by atoms with Crippen LogP contribution in [0.3, 0.4) is 0 Å². The fourth-order valence-corrected chi connectivity index (χ4v) is 3.81. The molecule has 0 N–H and O–H groups in total. The summed E-state index contributed by atoms with van der Waals surface area (Å²) in [4.78, 5) is 19.0. The van der Waals surface area contributed by atoms with E-state index in [0.717, 1.165) is 17.5 Å². The number of benzene rings is 2. The van der Waals surface area contributed by atoms with Crippen LogP contribution in [0.5, 0.6) is 0 Å². The summed E-state index contributed by atoms with van der Waals surface area (Å²) < 4.78 is 1.87. The molecule has 0 fully saturated rings. The molecule has 2 heterocycles. The van der Waals surface area contributed by atoms with Crippen molar-refractivity contribution in [3.63, 3.8) is 0 Å². The molecule has 4 rings (SSSR count). The SMILES string of the molecule is CCC(=O)N1c2ncnn2C(c2ccc(C)cc2)CC1c1ccc(Cl)cc1. The van der Waals surface area contributed by atoms with E-state index in [9.17, 15) is 4.79 Å². The normalized spacial score (nSPS) is 19.0. The zero-order valence-corrected chi connectivity index (χ0v) is 16.1. The summed E-state index contributed by atoms with van der Waals surface area (Å²) in [5.74, 6) is 0.630. The molecule has 1 aromatic heterocycles. The smallest absolute Gasteiger partial charge is 0.231 e. The molecule has 138 valence electrons. The van der Waals surface area contributed by atoms with E-state index in [0.29, 0.717) is 17.4 Å². The van der Waals surface area contributed by atoms with E-state index in [1.807, 2.05) is 35.9 Å². The number of fused-ring (bicyclic) bond motifs is 1. The van der Waals surface area contributed by atoms with Crippen molar-refractivity contribution in [2.75, 3.05) is 4.90 Å². The second kappa shape index (κ2) is 7.16. The van der Waals surface area contributed by atoms with Crippen LogP contribution in [-0.2, 0) is 4.79 Å². The second-order valence-corrected chi connectivity index (χ2v) is 7.29. The highest BCUT2D eigenvalue weighted by Gasteiger charge is 2.38. The number of halogens is 1. The third-order valence-corrected chi connectivity index (χ3v) is 5.36. The highest BCUT2D eigenvalue weighted by molar-refractivity contribution is 6.30. The molecule has 0 spiro atoms. The summed E-state index contributed by atoms with van der Waals surface area (Å²) in [6, 6.07) is 16.1. The summed E-state index contributed by atoms with van der Waals surface area (Å²) in [5, 5.41) is 5.12. The topological polar surface area (TPSA) is 51.0 Å². The van der Waals surface area contributed by atoms with Gasteiger partial charge in [0.25, 0.3) is 0 Å². The third-order valence-electron chi connectivity index (χ3n) is 5.11. The van der Waals surface area contributed by atoms with Crippen molar-refractivity contribution in [2.45, 2.75) is 38.8 Å². The summed E-state index contributed by atoms with van der Waals surface area (Å²) in [6.07, 6.45) is 2.66. The van der Waals surface area contributed by atoms with Crippen molar-refractivity contribution < 1.29 is 4.79 Å². The van der Waals surface area contributed by atoms with Gasteiger partial charge in [0, 0.05) is 11.4 Å². The van der Waals surface area contributed by atoms with E-state index < -0.39 is 0 Å². The summed E-state index contributed by atoms with van der Waals surface area (Å²) >= 11 is 6.07. The molecule has 1 amide bonds. The van der Waals surface area contributed by atoms with Crippen LogP contribution in [0.4, 0.5) is 5.95 Å². The van der Waals surface area contributed by atoms with Gasteiger partial charge in [0.05, 0.1) is 12.1 Å². The molecule has 27 heavy (non-hydrogen) atoms. The van der Waals surface area contributed by atoms with Gasteiger partial charge in [-0.2, -0.15) is 10.1 Å². The van der Waals surface area contributed by atoms with Crippen LogP contribution in [0.15, 0.2) is 54.9 Å². The molecule has 0 saturated heterocycles. The molecule has 0 aliphatic carbocycles. The first kappa shape index (κ1) is 17.7. The van der Waals surface area contributed by atoms with Gasteiger partial charge in [-0.25, -0.2) is 4.68 Å². The Morgan fingerprint density at radius 3 is 2.37 bits per heavy atom. The van der Waals surface area contributed by atoms with Gasteiger partial charge in [0.15, 0.2) is 0 Å². The van der Waals surface area contributed by atoms with Crippen LogP contribution in [0.2, 0.25) is 5.02 Å². The zero-order chi connectivity index (χ0) is 19.0. The molecular weight excluding hydrogens is 360 g/mol. The number of hydrogen-bond donors (Lipinski definition) is 0. The molecule has 2 unspecified atom stereocenters. The summed E-state index contributed by atoms with van der Waals surface area (Å²) in [7, 11) is 0. The lowest BCUT2D eigenvalue weighted by molar-refractivity contribution is -0.119. The van der Waals surface area contributed by atoms with Crippen molar-refractivity contribution in [3.05, 3.63) is 76.6 Å². The Morgan fingerprint density at radius 1 is 1.07 bits per heavy atom. The first-order valence-electron chi connectivity index (χ1n) is 9.12. The Hall–Kier alpha value is -2.66. The second-order valence-electron chi connectivity index (χ2n) is 6.85. The molecule has 5 nitrogen and oxygen atoms in total. The monoisotopic (exact) mass is 380 g/mol. The molecule has 1 aliphatic heterocycles. The van der Waals surface area contributed by atoms with Crippen LogP contribution in [0, 0.1) is 6.92 Å². The number of carbonyl (C=O) groups excluding carboxylic acids is 1. The highest BCUT2D eigenvalue weighted by atomic mass is 35.5. The fourth-order valence-electron chi connectivity index (χ4n) is 3.68. The highest BCUT2D eigenvalue weighted by Crippen LogP contribution is 2.42. The zero-order valence-electron chi connectivity index (χ0n) is 15.3. The van der Waals surface area contributed by atoms with Gasteiger partial charge in [0.2, 0.25) is 11.9 Å². The lowest BCUT2D eigenvalue weighted by Gasteiger charge is -2.39. The first-order valence-corrected chi connectivity index (χ1v) is 9.50. The minimum atomic E-state index is -0.113. The number of rotatable bonds is 3. The van der Waals surface area contributed by atoms with E-state index >= 15 is 0 Å². The molecule has 0 saturated carbocycles. The Labute approximate surface area is 163 Å². The summed E-state index contributed by atoms with van der Waals surface area (Å²) in [5.41, 5.74) is 3.42. The predicted molar refractivity (Wildman–Crippen MR) is 106 cm³/mol. The Kier molecular flexibility index (Phi) is 4.70. The van der Waals surface area contributed by atoms with E-state index in [1.54, 1.807) is 4.90 Å². The van der Waals surface area contributed by atoms with Crippen molar-refractivity contribution in [1.29, 1.82) is 0 Å². The Bertz CT molecular complexity index is 949. The van der Waals surface area contributed by atoms with Gasteiger partial charge in [-0.05, 0) is 36.6 Å². The average Bonchev–Trinajstić information content (AvgIpc) is 3.17. The minimum absolute atomic E-state index is 0.0182. The molecule has 0 radical (unpaired) electrons. The number of hydrogen-bond acceptors (Lipinski definition) is 3. The minimum Gasteiger partial charge on any atom is -0.274 e. The van der Waals surface area contributed by atoms with Gasteiger partial charge in [-0.3, -0.25) is 9.69 Å². The van der Waals surface area contributed by atoms with Crippen LogP contribution in [0.1, 0.15) is 48.5 Å². The van der Waals surface area contributed by atoms with Gasteiger partial charge < -0.3 is 0 Å². The first-order chi connectivity index (χ1) is 13.1. The van der Waals surface area contributed by atoms with Crippen LogP contribution in [-0.4, -0.2) is 20.7 Å². The van der Waals surface area contributed by atoms with Gasteiger partial charge >= 0.3 is 0 Å². The number of nitrogens with zero attached hydrogens (tertiary/aromatic N) is 4. The lowest BCUT2D eigenvalue weighted by Crippen LogP contribution is -2.42. The van der Waals surface area contributed by atoms with Crippen molar-refractivity contribution in [2.24, 2.45) is 0 Å². The number of amides is 1. The number of aromatic nitrogens is 3. The van der Waals surface area contributed by atoms with Gasteiger partial charge in [-0.15, -0.1) is 0 Å². The average molecular weight is 381 g/mol. The molecule has 2 atom stereocenters.